The van der Waals surface area contributed by atoms with Crippen molar-refractivity contribution in [3.8, 4) is 20.9 Å². The normalized spacial score (nSPS) is 12.8. The second-order valence-corrected chi connectivity index (χ2v) is 10.2. The number of nitrogens with zero attached hydrogens (tertiary/aromatic N) is 2. The third kappa shape index (κ3) is 4.26. The zero-order valence-corrected chi connectivity index (χ0v) is 19.9. The topological polar surface area (TPSA) is 45.2 Å². The minimum Gasteiger partial charge on any atom is -0.337 e. The first kappa shape index (κ1) is 20.3. The van der Waals surface area contributed by atoms with Crippen LogP contribution in [0.15, 0.2) is 82.4 Å². The maximum absolute atomic E-state index is 12.1. The lowest BCUT2D eigenvalue weighted by molar-refractivity contribution is 0.0816. The van der Waals surface area contributed by atoms with Gasteiger partial charge in [-0.3, -0.25) is 9.78 Å². The van der Waals surface area contributed by atoms with Gasteiger partial charge < -0.3 is 9.62 Å². The van der Waals surface area contributed by atoms with Gasteiger partial charge in [0.05, 0.1) is 11.9 Å². The third-order valence-electron chi connectivity index (χ3n) is 5.09. The van der Waals surface area contributed by atoms with Crippen molar-refractivity contribution in [3.63, 3.8) is 0 Å². The highest BCUT2D eigenvalue weighted by Gasteiger charge is 2.24. The Hall–Kier alpha value is -2.61. The Kier molecular flexibility index (Phi) is 5.56. The second kappa shape index (κ2) is 8.49. The fourth-order valence-corrected chi connectivity index (χ4v) is 5.76. The van der Waals surface area contributed by atoms with E-state index in [0.29, 0.717) is 6.54 Å². The fourth-order valence-electron chi connectivity index (χ4n) is 3.55. The summed E-state index contributed by atoms with van der Waals surface area (Å²) >= 11 is 6.79. The molecule has 154 valence electrons. The van der Waals surface area contributed by atoms with Crippen molar-refractivity contribution in [2.45, 2.75) is 11.4 Å². The van der Waals surface area contributed by atoms with Crippen molar-refractivity contribution in [2.24, 2.45) is 0 Å². The Bertz CT molecular complexity index is 1290. The molecule has 3 heterocycles. The van der Waals surface area contributed by atoms with Crippen LogP contribution in [0.4, 0.5) is 5.69 Å². The highest BCUT2D eigenvalue weighted by Crippen LogP contribution is 2.37. The number of amides is 1. The van der Waals surface area contributed by atoms with E-state index in [1.54, 1.807) is 28.2 Å². The lowest BCUT2D eigenvalue weighted by atomic mass is 10.1. The Morgan fingerprint density at radius 2 is 1.87 bits per heavy atom. The number of pyridine rings is 1. The van der Waals surface area contributed by atoms with Crippen LogP contribution >= 0.6 is 39.2 Å². The van der Waals surface area contributed by atoms with Crippen LogP contribution in [0.25, 0.3) is 20.9 Å². The number of carbonyl (C=O) groups is 1. The van der Waals surface area contributed by atoms with Gasteiger partial charge in [-0.2, -0.15) is 0 Å². The summed E-state index contributed by atoms with van der Waals surface area (Å²) in [5.74, 6) is 0.101. The summed E-state index contributed by atoms with van der Waals surface area (Å²) in [6.07, 6.45) is 3.72. The van der Waals surface area contributed by atoms with Gasteiger partial charge in [-0.05, 0) is 71.6 Å². The van der Waals surface area contributed by atoms with E-state index in [-0.39, 0.29) is 5.91 Å². The smallest absolute Gasteiger partial charge is 0.254 e. The first-order chi connectivity index (χ1) is 15.1. The molecule has 0 spiro atoms. The van der Waals surface area contributed by atoms with E-state index in [1.807, 2.05) is 43.7 Å². The lowest BCUT2D eigenvalue weighted by Crippen LogP contribution is -2.17. The van der Waals surface area contributed by atoms with Gasteiger partial charge in [0.15, 0.2) is 0 Å². The van der Waals surface area contributed by atoms with Crippen LogP contribution in [0.3, 0.4) is 0 Å². The molecular weight excluding hydrogens is 490 g/mol. The quantitative estimate of drug-likeness (QED) is 0.297. The van der Waals surface area contributed by atoms with E-state index in [9.17, 15) is 4.79 Å². The number of aromatic nitrogens is 1. The highest BCUT2D eigenvalue weighted by atomic mass is 79.9. The number of carbonyl (C=O) groups excluding carboxylic acids is 1. The predicted molar refractivity (Wildman–Crippen MR) is 132 cm³/mol. The molecule has 2 aromatic carbocycles. The molecule has 2 aromatic heterocycles. The molecular formula is C24H18BrN3OS2. The maximum atomic E-state index is 12.1. The summed E-state index contributed by atoms with van der Waals surface area (Å²) < 4.78 is 4.43. The molecule has 1 aliphatic rings. The number of anilines is 1. The molecule has 1 amide bonds. The van der Waals surface area contributed by atoms with Gasteiger partial charge in [0, 0.05) is 50.0 Å². The number of fused-ring (bicyclic) bond motifs is 1. The molecule has 0 aliphatic carbocycles. The molecule has 7 heteroatoms. The van der Waals surface area contributed by atoms with Gasteiger partial charge in [-0.1, -0.05) is 28.1 Å². The number of benzene rings is 2. The molecule has 4 aromatic rings. The number of nitrogens with one attached hydrogen (secondary N) is 1. The Labute approximate surface area is 197 Å². The first-order valence-electron chi connectivity index (χ1n) is 9.69. The van der Waals surface area contributed by atoms with Crippen LogP contribution in [-0.4, -0.2) is 22.8 Å². The zero-order valence-electron chi connectivity index (χ0n) is 16.6. The van der Waals surface area contributed by atoms with E-state index >= 15 is 0 Å². The van der Waals surface area contributed by atoms with Crippen molar-refractivity contribution in [3.05, 3.63) is 88.7 Å². The minimum atomic E-state index is 0.101. The van der Waals surface area contributed by atoms with E-state index in [4.69, 9.17) is 0 Å². The van der Waals surface area contributed by atoms with Crippen LogP contribution in [0, 0.1) is 0 Å². The monoisotopic (exact) mass is 507 g/mol. The Morgan fingerprint density at radius 1 is 1.03 bits per heavy atom. The van der Waals surface area contributed by atoms with Crippen LogP contribution in [-0.2, 0) is 6.54 Å². The van der Waals surface area contributed by atoms with Crippen molar-refractivity contribution in [2.75, 3.05) is 11.8 Å². The van der Waals surface area contributed by atoms with Crippen molar-refractivity contribution in [1.82, 2.24) is 9.88 Å². The van der Waals surface area contributed by atoms with Gasteiger partial charge in [-0.25, -0.2) is 0 Å². The molecule has 0 unspecified atom stereocenters. The zero-order chi connectivity index (χ0) is 21.4. The second-order valence-electron chi connectivity index (χ2n) is 7.32. The van der Waals surface area contributed by atoms with E-state index in [0.717, 1.165) is 42.2 Å². The number of hydrogen-bond acceptors (Lipinski definition) is 5. The minimum absolute atomic E-state index is 0.101. The molecule has 0 atom stereocenters. The maximum Gasteiger partial charge on any atom is 0.254 e. The van der Waals surface area contributed by atoms with Gasteiger partial charge in [-0.15, -0.1) is 11.3 Å². The van der Waals surface area contributed by atoms with Crippen LogP contribution in [0.2, 0.25) is 0 Å². The third-order valence-corrected chi connectivity index (χ3v) is 7.59. The standard InChI is InChI=1S/C24H18BrN3OS2/c1-28-14-17-9-15(5-6-21(17)24(28)29)22-7-8-23(30-22)16-10-19(13-26-12-16)27-31-20-4-2-3-18(25)11-20/h2-13,27H,14H2,1H3. The average Bonchev–Trinajstić information content (AvgIpc) is 3.38. The largest absolute Gasteiger partial charge is 0.337 e. The summed E-state index contributed by atoms with van der Waals surface area (Å²) in [6.45, 7) is 0.674. The van der Waals surface area contributed by atoms with E-state index < -0.39 is 0 Å². The summed E-state index contributed by atoms with van der Waals surface area (Å²) in [4.78, 5) is 21.8. The molecule has 1 aliphatic heterocycles. The molecule has 0 saturated heterocycles. The lowest BCUT2D eigenvalue weighted by Gasteiger charge is -2.07. The van der Waals surface area contributed by atoms with Crippen molar-refractivity contribution < 1.29 is 4.79 Å². The van der Waals surface area contributed by atoms with Gasteiger partial charge >= 0.3 is 0 Å². The molecule has 31 heavy (non-hydrogen) atoms. The summed E-state index contributed by atoms with van der Waals surface area (Å²) in [6, 6.07) is 20.7. The van der Waals surface area contributed by atoms with Crippen LogP contribution < -0.4 is 4.72 Å². The SMILES string of the molecule is CN1Cc2cc(-c3ccc(-c4cncc(NSc5cccc(Br)c5)c4)s3)ccc2C1=O. The van der Waals surface area contributed by atoms with Gasteiger partial charge in [0.2, 0.25) is 0 Å². The summed E-state index contributed by atoms with van der Waals surface area (Å²) in [5, 5.41) is 0. The van der Waals surface area contributed by atoms with Crippen molar-refractivity contribution >= 4 is 50.8 Å². The predicted octanol–water partition coefficient (Wildman–Crippen LogP) is 6.94. The number of rotatable bonds is 5. The average molecular weight is 508 g/mol. The molecule has 0 fully saturated rings. The van der Waals surface area contributed by atoms with E-state index in [2.05, 4.69) is 62.0 Å². The number of halogens is 1. The first-order valence-corrected chi connectivity index (χ1v) is 12.1. The molecule has 0 radical (unpaired) electrons. The van der Waals surface area contributed by atoms with Crippen LogP contribution in [0.5, 0.6) is 0 Å². The Morgan fingerprint density at radius 3 is 2.71 bits per heavy atom. The molecule has 4 nitrogen and oxygen atoms in total. The van der Waals surface area contributed by atoms with Gasteiger partial charge in [0.25, 0.3) is 5.91 Å². The molecule has 0 bridgehead atoms. The Balaban J connectivity index is 1.35. The van der Waals surface area contributed by atoms with Gasteiger partial charge in [0.1, 0.15) is 0 Å². The van der Waals surface area contributed by atoms with Crippen LogP contribution in [0.1, 0.15) is 15.9 Å². The summed E-state index contributed by atoms with van der Waals surface area (Å²) in [7, 11) is 1.84. The van der Waals surface area contributed by atoms with E-state index in [1.165, 1.54) is 4.88 Å². The molecule has 0 saturated carbocycles. The highest BCUT2D eigenvalue weighted by molar-refractivity contribution is 9.10. The fraction of sp³-hybridized carbons (Fsp3) is 0.0833. The summed E-state index contributed by atoms with van der Waals surface area (Å²) in [5.41, 5.74) is 5.08. The number of hydrogen-bond donors (Lipinski definition) is 1. The number of thiophene rings is 1. The van der Waals surface area contributed by atoms with Crippen molar-refractivity contribution in [1.29, 1.82) is 0 Å². The molecule has 1 N–H and O–H groups in total. The molecule has 5 rings (SSSR count).